The number of rotatable bonds is 10. The molecule has 12 nitrogen and oxygen atoms in total. The summed E-state index contributed by atoms with van der Waals surface area (Å²) < 4.78 is 44.8. The van der Waals surface area contributed by atoms with E-state index in [9.17, 15) is 13.6 Å². The van der Waals surface area contributed by atoms with E-state index in [0.717, 1.165) is 69.8 Å². The van der Waals surface area contributed by atoms with E-state index >= 15 is 0 Å². The maximum Gasteiger partial charge on any atom is 0.259 e. The number of nitrogens with one attached hydrogen (secondary N) is 2. The molecule has 15 heteroatoms. The summed E-state index contributed by atoms with van der Waals surface area (Å²) in [4.78, 5) is 33.3. The monoisotopic (exact) mass is 803 g/mol. The highest BCUT2D eigenvalue weighted by atomic mass is 32.2. The van der Waals surface area contributed by atoms with Crippen LogP contribution in [0.3, 0.4) is 0 Å². The van der Waals surface area contributed by atoms with Crippen LogP contribution >= 0.6 is 11.9 Å². The Hall–Kier alpha value is -5.77. The molecule has 2 N–H and O–H groups in total. The van der Waals surface area contributed by atoms with Gasteiger partial charge in [-0.3, -0.25) is 14.1 Å². The molecule has 6 aromatic rings. The van der Waals surface area contributed by atoms with Gasteiger partial charge in [-0.2, -0.15) is 0 Å². The van der Waals surface area contributed by atoms with Gasteiger partial charge in [0.1, 0.15) is 34.5 Å². The van der Waals surface area contributed by atoms with Crippen LogP contribution in [0.2, 0.25) is 0 Å². The molecule has 3 aliphatic rings. The fourth-order valence-corrected chi connectivity index (χ4v) is 9.16. The van der Waals surface area contributed by atoms with Crippen LogP contribution in [0.5, 0.6) is 11.5 Å². The number of pyridine rings is 1. The number of carbonyl (C=O) groups is 1. The quantitative estimate of drug-likeness (QED) is 0.134. The van der Waals surface area contributed by atoms with E-state index in [-0.39, 0.29) is 11.3 Å². The van der Waals surface area contributed by atoms with Crippen LogP contribution in [-0.2, 0) is 6.42 Å². The molecule has 3 aromatic carbocycles. The average Bonchev–Trinajstić information content (AvgIpc) is 3.82. The summed E-state index contributed by atoms with van der Waals surface area (Å²) in [7, 11) is 3.10. The zero-order valence-electron chi connectivity index (χ0n) is 32.4. The smallest absolute Gasteiger partial charge is 0.259 e. The molecule has 298 valence electrons. The molecule has 0 radical (unpaired) electrons. The van der Waals surface area contributed by atoms with Crippen LogP contribution in [-0.4, -0.2) is 99.7 Å². The lowest BCUT2D eigenvalue weighted by Gasteiger charge is -2.44. The largest absolute Gasteiger partial charge is 0.496 e. The molecule has 1 amide bonds. The van der Waals surface area contributed by atoms with Crippen molar-refractivity contribution in [3.63, 3.8) is 0 Å². The van der Waals surface area contributed by atoms with E-state index in [1.807, 2.05) is 40.7 Å². The lowest BCUT2D eigenvalue weighted by Crippen LogP contribution is -2.53. The van der Waals surface area contributed by atoms with E-state index < -0.39 is 23.2 Å². The average molecular weight is 804 g/mol. The summed E-state index contributed by atoms with van der Waals surface area (Å²) in [6.07, 6.45) is 9.01. The van der Waals surface area contributed by atoms with Gasteiger partial charge in [0.15, 0.2) is 0 Å². The predicted molar refractivity (Wildman–Crippen MR) is 223 cm³/mol. The lowest BCUT2D eigenvalue weighted by molar-refractivity contribution is 0.102. The van der Waals surface area contributed by atoms with Crippen molar-refractivity contribution in [2.24, 2.45) is 0 Å². The number of ether oxygens (including phenoxy) is 2. The number of halogens is 2. The molecule has 0 bridgehead atoms. The number of nitrogens with zero attached hydrogens (tertiary/aromatic N) is 7. The molecule has 2 saturated heterocycles. The topological polar surface area (TPSA) is 112 Å². The first-order valence-electron chi connectivity index (χ1n) is 19.3. The van der Waals surface area contributed by atoms with Gasteiger partial charge in [-0.05, 0) is 85.7 Å². The van der Waals surface area contributed by atoms with E-state index in [4.69, 9.17) is 19.4 Å². The molecule has 2 fully saturated rings. The molecular weight excluding hydrogens is 761 g/mol. The molecule has 9 rings (SSSR count). The summed E-state index contributed by atoms with van der Waals surface area (Å²) in [5.41, 5.74) is 5.77. The number of imidazole rings is 1. The first kappa shape index (κ1) is 37.8. The zero-order chi connectivity index (χ0) is 39.9. The van der Waals surface area contributed by atoms with Crippen molar-refractivity contribution in [3.8, 4) is 34.1 Å². The number of fused-ring (bicyclic) bond motifs is 4. The SMILES string of the molecule is COc1cc2c(cc1Nc1nccc(-c3c(-c4ccc(OC)c(C(=O)Nc5c(F)cccc5F)c4)nc4ccccn34)n1)CC1CC(N3CCN(SC)CC3)CCN21. The Labute approximate surface area is 339 Å². The molecule has 0 saturated carbocycles. The highest BCUT2D eigenvalue weighted by Crippen LogP contribution is 2.44. The molecule has 0 spiro atoms. The van der Waals surface area contributed by atoms with Gasteiger partial charge in [0.25, 0.3) is 5.91 Å². The summed E-state index contributed by atoms with van der Waals surface area (Å²) in [5.74, 6) is -1.23. The Kier molecular flexibility index (Phi) is 10.3. The summed E-state index contributed by atoms with van der Waals surface area (Å²) in [6, 6.07) is 21.2. The molecule has 2 unspecified atom stereocenters. The van der Waals surface area contributed by atoms with Crippen molar-refractivity contribution < 1.29 is 23.0 Å². The van der Waals surface area contributed by atoms with Crippen molar-refractivity contribution >= 4 is 46.5 Å². The molecule has 58 heavy (non-hydrogen) atoms. The van der Waals surface area contributed by atoms with Crippen molar-refractivity contribution in [2.75, 3.05) is 68.7 Å². The second-order valence-corrected chi connectivity index (χ2v) is 15.5. The van der Waals surface area contributed by atoms with Gasteiger partial charge in [0.05, 0.1) is 42.6 Å². The standard InChI is InChI=1S/C43H43F2N9O3S/c1-56-36-11-10-26(22-30(36)42(55)50-40-31(44)7-6-8-32(40)45)39-41(54-15-5-4-9-38(54)49-39)33-12-14-46-43(47-33)48-34-23-27-21-29-24-28(51-17-19-52(58-3)20-18-51)13-16-53(29)35(27)25-37(34)57-2/h4-12,14-15,22-23,25,28-29H,13,16-21,24H2,1-3H3,(H,50,55)(H,46,47,48). The number of aromatic nitrogens is 4. The van der Waals surface area contributed by atoms with E-state index in [1.165, 1.54) is 24.4 Å². The summed E-state index contributed by atoms with van der Waals surface area (Å²) in [5, 5.41) is 5.81. The Balaban J connectivity index is 1.00. The van der Waals surface area contributed by atoms with Crippen molar-refractivity contribution in [1.29, 1.82) is 0 Å². The summed E-state index contributed by atoms with van der Waals surface area (Å²) in [6.45, 7) is 5.51. The highest BCUT2D eigenvalue weighted by molar-refractivity contribution is 7.96. The highest BCUT2D eigenvalue weighted by Gasteiger charge is 2.38. The number of amides is 1. The number of hydrogen-bond donors (Lipinski definition) is 2. The second kappa shape index (κ2) is 15.9. The van der Waals surface area contributed by atoms with Gasteiger partial charge in [-0.15, -0.1) is 0 Å². The van der Waals surface area contributed by atoms with Gasteiger partial charge in [-0.1, -0.05) is 24.1 Å². The minimum atomic E-state index is -0.891. The Morgan fingerprint density at radius 3 is 2.47 bits per heavy atom. The number of piperazine rings is 1. The molecule has 0 aliphatic carbocycles. The Morgan fingerprint density at radius 1 is 0.879 bits per heavy atom. The first-order chi connectivity index (χ1) is 28.3. The van der Waals surface area contributed by atoms with E-state index in [1.54, 1.807) is 37.6 Å². The fraction of sp³-hybridized carbons (Fsp3) is 0.302. The zero-order valence-corrected chi connectivity index (χ0v) is 33.2. The molecule has 2 atom stereocenters. The third-order valence-corrected chi connectivity index (χ3v) is 12.4. The van der Waals surface area contributed by atoms with Crippen LogP contribution in [0.4, 0.5) is 31.8 Å². The number of benzene rings is 3. The Morgan fingerprint density at radius 2 is 1.69 bits per heavy atom. The molecule has 3 aromatic heterocycles. The van der Waals surface area contributed by atoms with Gasteiger partial charge < -0.3 is 25.0 Å². The van der Waals surface area contributed by atoms with Gasteiger partial charge >= 0.3 is 0 Å². The van der Waals surface area contributed by atoms with E-state index in [2.05, 4.69) is 48.1 Å². The van der Waals surface area contributed by atoms with Gasteiger partial charge in [0.2, 0.25) is 5.95 Å². The van der Waals surface area contributed by atoms with Crippen LogP contribution in [0.25, 0.3) is 28.3 Å². The van der Waals surface area contributed by atoms with Gasteiger partial charge in [0, 0.05) is 74.5 Å². The second-order valence-electron chi connectivity index (χ2n) is 14.7. The van der Waals surface area contributed by atoms with Crippen LogP contribution in [0.1, 0.15) is 28.8 Å². The number of para-hydroxylation sites is 1. The maximum absolute atomic E-state index is 14.5. The number of hydrogen-bond acceptors (Lipinski definition) is 11. The third-order valence-electron chi connectivity index (χ3n) is 11.5. The maximum atomic E-state index is 14.5. The van der Waals surface area contributed by atoms with Gasteiger partial charge in [-0.25, -0.2) is 28.0 Å². The normalized spacial score (nSPS) is 18.2. The first-order valence-corrected chi connectivity index (χ1v) is 20.5. The molecular formula is C43H43F2N9O3S. The molecule has 3 aliphatic heterocycles. The third kappa shape index (κ3) is 7.07. The predicted octanol–water partition coefficient (Wildman–Crippen LogP) is 7.54. The summed E-state index contributed by atoms with van der Waals surface area (Å²) >= 11 is 1.84. The lowest BCUT2D eigenvalue weighted by atomic mass is 9.95. The van der Waals surface area contributed by atoms with E-state index in [0.29, 0.717) is 52.1 Å². The minimum Gasteiger partial charge on any atom is -0.496 e. The molecule has 6 heterocycles. The van der Waals surface area contributed by atoms with Crippen LogP contribution < -0.4 is 25.0 Å². The van der Waals surface area contributed by atoms with Crippen LogP contribution in [0, 0.1) is 11.6 Å². The van der Waals surface area contributed by atoms with Crippen molar-refractivity contribution in [3.05, 3.63) is 108 Å². The number of piperidine rings is 1. The van der Waals surface area contributed by atoms with Crippen molar-refractivity contribution in [2.45, 2.75) is 31.3 Å². The fourth-order valence-electron chi connectivity index (χ4n) is 8.63. The minimum absolute atomic E-state index is 0.0695. The van der Waals surface area contributed by atoms with Crippen LogP contribution in [0.15, 0.2) is 85.2 Å². The number of anilines is 4. The number of methoxy groups -OCH3 is 2. The van der Waals surface area contributed by atoms with Crippen molar-refractivity contribution in [1.82, 2.24) is 28.6 Å². The Bertz CT molecular complexity index is 2490. The number of carbonyl (C=O) groups excluding carboxylic acids is 1.